The normalized spacial score (nSPS) is 11.7. The first-order chi connectivity index (χ1) is 21.3. The lowest BCUT2D eigenvalue weighted by Crippen LogP contribution is -1.93. The third kappa shape index (κ3) is 3.75. The predicted molar refractivity (Wildman–Crippen MR) is 180 cm³/mol. The summed E-state index contributed by atoms with van der Waals surface area (Å²) in [7, 11) is 0. The molecule has 3 nitrogen and oxygen atoms in total. The third-order valence-corrected chi connectivity index (χ3v) is 8.67. The molecule has 9 aromatic rings. The average molecular weight is 548 g/mol. The van der Waals surface area contributed by atoms with Gasteiger partial charge in [-0.05, 0) is 81.4 Å². The maximum absolute atomic E-state index is 4.84. The fraction of sp³-hybridized carbons (Fsp3) is 0. The molecular weight excluding hydrogens is 522 g/mol. The zero-order valence-corrected chi connectivity index (χ0v) is 23.3. The Bertz CT molecular complexity index is 2500. The van der Waals surface area contributed by atoms with Gasteiger partial charge in [0.2, 0.25) is 0 Å². The molecule has 0 atom stereocenters. The van der Waals surface area contributed by atoms with Crippen molar-refractivity contribution in [3.63, 3.8) is 0 Å². The van der Waals surface area contributed by atoms with Crippen LogP contribution in [-0.2, 0) is 0 Å². The zero-order valence-electron chi connectivity index (χ0n) is 23.3. The molecule has 3 heteroatoms. The quantitative estimate of drug-likeness (QED) is 0.220. The highest BCUT2D eigenvalue weighted by atomic mass is 15.0. The molecule has 3 heterocycles. The monoisotopic (exact) mass is 547 g/mol. The average Bonchev–Trinajstić information content (AvgIpc) is 3.42. The minimum Gasteiger partial charge on any atom is -0.309 e. The second-order valence-corrected chi connectivity index (χ2v) is 11.1. The highest BCUT2D eigenvalue weighted by molar-refractivity contribution is 6.20. The van der Waals surface area contributed by atoms with Gasteiger partial charge < -0.3 is 4.57 Å². The highest BCUT2D eigenvalue weighted by Crippen LogP contribution is 2.39. The molecule has 0 amide bonds. The highest BCUT2D eigenvalue weighted by Gasteiger charge is 2.16. The van der Waals surface area contributed by atoms with Gasteiger partial charge in [-0.3, -0.25) is 9.97 Å². The van der Waals surface area contributed by atoms with Crippen LogP contribution in [0.2, 0.25) is 0 Å². The van der Waals surface area contributed by atoms with Crippen molar-refractivity contribution in [2.24, 2.45) is 0 Å². The molecule has 0 aliphatic carbocycles. The first-order valence-electron chi connectivity index (χ1n) is 14.6. The molecular formula is C40H25N3. The number of pyridine rings is 2. The van der Waals surface area contributed by atoms with Gasteiger partial charge in [-0.15, -0.1) is 0 Å². The molecule has 0 saturated heterocycles. The Morgan fingerprint density at radius 1 is 0.465 bits per heavy atom. The molecule has 200 valence electrons. The van der Waals surface area contributed by atoms with Gasteiger partial charge in [-0.1, -0.05) is 84.9 Å². The maximum Gasteiger partial charge on any atom is 0.0802 e. The fourth-order valence-corrected chi connectivity index (χ4v) is 6.62. The van der Waals surface area contributed by atoms with Crippen LogP contribution in [0.3, 0.4) is 0 Å². The topological polar surface area (TPSA) is 30.7 Å². The van der Waals surface area contributed by atoms with Gasteiger partial charge in [0.05, 0.1) is 16.6 Å². The lowest BCUT2D eigenvalue weighted by atomic mass is 9.95. The molecule has 0 aliphatic rings. The van der Waals surface area contributed by atoms with E-state index in [-0.39, 0.29) is 0 Å². The lowest BCUT2D eigenvalue weighted by Gasteiger charge is -2.10. The molecule has 0 spiro atoms. The zero-order chi connectivity index (χ0) is 28.3. The van der Waals surface area contributed by atoms with Crippen molar-refractivity contribution in [1.82, 2.24) is 14.5 Å². The minimum atomic E-state index is 1.03. The lowest BCUT2D eigenvalue weighted by molar-refractivity contribution is 1.18. The molecule has 0 aliphatic heterocycles. The number of aromatic nitrogens is 3. The SMILES string of the molecule is c1ccc(-n2c3ccc(-c4ccc5cc(-c6cncc7ccccc67)ccc5c4)cc3c3c4ncccc4ccc32)cc1. The summed E-state index contributed by atoms with van der Waals surface area (Å²) in [6.07, 6.45) is 5.79. The van der Waals surface area contributed by atoms with E-state index in [9.17, 15) is 0 Å². The van der Waals surface area contributed by atoms with Crippen LogP contribution in [-0.4, -0.2) is 14.5 Å². The Morgan fingerprint density at radius 3 is 2.07 bits per heavy atom. The van der Waals surface area contributed by atoms with E-state index in [1.807, 2.05) is 24.7 Å². The van der Waals surface area contributed by atoms with Gasteiger partial charge in [0, 0.05) is 51.4 Å². The molecule has 0 bridgehead atoms. The first kappa shape index (κ1) is 23.9. The van der Waals surface area contributed by atoms with Crippen LogP contribution in [0, 0.1) is 0 Å². The van der Waals surface area contributed by atoms with Crippen LogP contribution in [0.15, 0.2) is 152 Å². The Morgan fingerprint density at radius 2 is 1.16 bits per heavy atom. The van der Waals surface area contributed by atoms with E-state index in [1.165, 1.54) is 54.7 Å². The van der Waals surface area contributed by atoms with E-state index in [2.05, 4.69) is 137 Å². The number of hydrogen-bond donors (Lipinski definition) is 0. The third-order valence-electron chi connectivity index (χ3n) is 8.67. The summed E-state index contributed by atoms with van der Waals surface area (Å²) >= 11 is 0. The molecule has 0 fully saturated rings. The summed E-state index contributed by atoms with van der Waals surface area (Å²) in [4.78, 5) is 9.35. The molecule has 6 aromatic carbocycles. The second-order valence-electron chi connectivity index (χ2n) is 11.1. The largest absolute Gasteiger partial charge is 0.309 e. The smallest absolute Gasteiger partial charge is 0.0802 e. The maximum atomic E-state index is 4.84. The molecule has 9 rings (SSSR count). The van der Waals surface area contributed by atoms with Crippen molar-refractivity contribution in [2.45, 2.75) is 0 Å². The molecule has 43 heavy (non-hydrogen) atoms. The van der Waals surface area contributed by atoms with E-state index in [4.69, 9.17) is 4.98 Å². The Hall–Kier alpha value is -5.80. The predicted octanol–water partition coefficient (Wildman–Crippen LogP) is 10.4. The standard InChI is InChI=1S/C40H25N3/c1-2-9-33(10-3-1)43-37-18-17-30(23-35(37)39-38(43)19-16-26-8-6-20-42-40(26)39)28-12-13-29-22-31(15-14-27(29)21-28)36-25-41-24-32-7-4-5-11-34(32)36/h1-25H. The van der Waals surface area contributed by atoms with E-state index >= 15 is 0 Å². The number of rotatable bonds is 3. The summed E-state index contributed by atoms with van der Waals surface area (Å²) in [5, 5.41) is 8.35. The van der Waals surface area contributed by atoms with Crippen molar-refractivity contribution in [1.29, 1.82) is 0 Å². The summed E-state index contributed by atoms with van der Waals surface area (Å²) in [6.45, 7) is 0. The van der Waals surface area contributed by atoms with Crippen molar-refractivity contribution < 1.29 is 0 Å². The van der Waals surface area contributed by atoms with Crippen LogP contribution < -0.4 is 0 Å². The van der Waals surface area contributed by atoms with Crippen molar-refractivity contribution >= 4 is 54.3 Å². The Kier molecular flexibility index (Phi) is 5.20. The van der Waals surface area contributed by atoms with Gasteiger partial charge in [0.25, 0.3) is 0 Å². The summed E-state index contributed by atoms with van der Waals surface area (Å²) < 4.78 is 2.35. The Labute approximate surface area is 248 Å². The van der Waals surface area contributed by atoms with Gasteiger partial charge >= 0.3 is 0 Å². The number of benzene rings is 6. The Balaban J connectivity index is 1.22. The van der Waals surface area contributed by atoms with Gasteiger partial charge in [-0.2, -0.15) is 0 Å². The molecule has 0 radical (unpaired) electrons. The number of nitrogens with zero attached hydrogens (tertiary/aromatic N) is 3. The van der Waals surface area contributed by atoms with Crippen molar-refractivity contribution in [2.75, 3.05) is 0 Å². The molecule has 0 unspecified atom stereocenters. The van der Waals surface area contributed by atoms with Crippen molar-refractivity contribution in [3.8, 4) is 27.9 Å². The van der Waals surface area contributed by atoms with E-state index < -0.39 is 0 Å². The van der Waals surface area contributed by atoms with E-state index in [0.717, 1.165) is 27.5 Å². The number of fused-ring (bicyclic) bond motifs is 7. The molecule has 0 saturated carbocycles. The van der Waals surface area contributed by atoms with Crippen LogP contribution in [0.4, 0.5) is 0 Å². The summed E-state index contributed by atoms with van der Waals surface area (Å²) in [5.74, 6) is 0. The van der Waals surface area contributed by atoms with Gasteiger partial charge in [0.15, 0.2) is 0 Å². The molecule has 0 N–H and O–H groups in total. The first-order valence-corrected chi connectivity index (χ1v) is 14.6. The van der Waals surface area contributed by atoms with Gasteiger partial charge in [0.1, 0.15) is 0 Å². The fourth-order valence-electron chi connectivity index (χ4n) is 6.62. The van der Waals surface area contributed by atoms with E-state index in [0.29, 0.717) is 0 Å². The van der Waals surface area contributed by atoms with Crippen LogP contribution in [0.25, 0.3) is 82.2 Å². The second kappa shape index (κ2) is 9.37. The summed E-state index contributed by atoms with van der Waals surface area (Å²) in [6, 6.07) is 47.9. The van der Waals surface area contributed by atoms with Crippen LogP contribution >= 0.6 is 0 Å². The van der Waals surface area contributed by atoms with E-state index in [1.54, 1.807) is 0 Å². The molecule has 3 aromatic heterocycles. The van der Waals surface area contributed by atoms with Crippen molar-refractivity contribution in [3.05, 3.63) is 152 Å². The van der Waals surface area contributed by atoms with Crippen LogP contribution in [0.1, 0.15) is 0 Å². The van der Waals surface area contributed by atoms with Gasteiger partial charge in [-0.25, -0.2) is 0 Å². The van der Waals surface area contributed by atoms with Crippen LogP contribution in [0.5, 0.6) is 0 Å². The number of hydrogen-bond acceptors (Lipinski definition) is 2. The minimum absolute atomic E-state index is 1.03. The summed E-state index contributed by atoms with van der Waals surface area (Å²) in [5.41, 5.74) is 9.25. The number of para-hydroxylation sites is 1.